The highest BCUT2D eigenvalue weighted by Gasteiger charge is 2.00. The highest BCUT2D eigenvalue weighted by atomic mass is 16.5. The van der Waals surface area contributed by atoms with E-state index in [9.17, 15) is 4.79 Å². The van der Waals surface area contributed by atoms with Gasteiger partial charge in [0.1, 0.15) is 6.29 Å². The lowest BCUT2D eigenvalue weighted by Gasteiger charge is -2.09. The van der Waals surface area contributed by atoms with E-state index < -0.39 is 0 Å². The topological polar surface area (TPSA) is 46.5 Å². The van der Waals surface area contributed by atoms with Gasteiger partial charge in [0.15, 0.2) is 0 Å². The molecule has 0 spiro atoms. The van der Waals surface area contributed by atoms with E-state index in [0.29, 0.717) is 12.2 Å². The second kappa shape index (κ2) is 8.14. The van der Waals surface area contributed by atoms with Crippen LogP contribution in [0, 0.1) is 11.8 Å². The normalized spacial score (nSPS) is 11.4. The highest BCUT2D eigenvalue weighted by Crippen LogP contribution is 2.07. The Labute approximate surface area is 130 Å². The van der Waals surface area contributed by atoms with Gasteiger partial charge in [0.2, 0.25) is 0 Å². The summed E-state index contributed by atoms with van der Waals surface area (Å²) in [7, 11) is 0. The van der Waals surface area contributed by atoms with E-state index in [4.69, 9.17) is 9.84 Å². The van der Waals surface area contributed by atoms with Crippen LogP contribution >= 0.6 is 0 Å². The maximum atomic E-state index is 10.6. The van der Waals surface area contributed by atoms with E-state index in [1.165, 1.54) is 0 Å². The number of hydrogen-bond donors (Lipinski definition) is 1. The third-order valence-electron chi connectivity index (χ3n) is 3.14. The van der Waals surface area contributed by atoms with Crippen molar-refractivity contribution in [2.24, 2.45) is 0 Å². The molecule has 0 unspecified atom stereocenters. The second-order valence-electron chi connectivity index (χ2n) is 4.99. The summed E-state index contributed by atoms with van der Waals surface area (Å²) in [6, 6.07) is 15.0. The number of hydrogen-bond acceptors (Lipinski definition) is 3. The van der Waals surface area contributed by atoms with Crippen LogP contribution in [0.4, 0.5) is 0 Å². The van der Waals surface area contributed by atoms with Crippen LogP contribution in [0.3, 0.4) is 0 Å². The fourth-order valence-corrected chi connectivity index (χ4v) is 1.76. The third kappa shape index (κ3) is 4.85. The van der Waals surface area contributed by atoms with E-state index >= 15 is 0 Å². The molecule has 0 aliphatic heterocycles. The minimum atomic E-state index is -0.159. The maximum Gasteiger partial charge on any atom is 0.150 e. The number of aliphatic hydroxyl groups excluding tert-OH is 1. The Morgan fingerprint density at radius 2 is 1.59 bits per heavy atom. The summed E-state index contributed by atoms with van der Waals surface area (Å²) in [4.78, 5) is 10.6. The van der Waals surface area contributed by atoms with E-state index in [1.807, 2.05) is 43.3 Å². The van der Waals surface area contributed by atoms with Crippen molar-refractivity contribution in [1.82, 2.24) is 0 Å². The van der Waals surface area contributed by atoms with Gasteiger partial charge in [0.25, 0.3) is 0 Å². The SMILES string of the molecule is C[C@H](CO)OCc1ccc(C#Cc2ccc(C=O)cc2)cc1. The predicted molar refractivity (Wildman–Crippen MR) is 85.6 cm³/mol. The first kappa shape index (κ1) is 16.0. The fraction of sp³-hybridized carbons (Fsp3) is 0.211. The molecule has 2 aromatic carbocycles. The van der Waals surface area contributed by atoms with Crippen molar-refractivity contribution in [1.29, 1.82) is 0 Å². The van der Waals surface area contributed by atoms with Crippen LogP contribution < -0.4 is 0 Å². The fourth-order valence-electron chi connectivity index (χ4n) is 1.76. The molecule has 22 heavy (non-hydrogen) atoms. The predicted octanol–water partition coefficient (Wildman–Crippen LogP) is 2.80. The molecule has 0 aliphatic rings. The Balaban J connectivity index is 1.99. The first-order chi connectivity index (χ1) is 10.7. The van der Waals surface area contributed by atoms with Crippen molar-refractivity contribution in [3.63, 3.8) is 0 Å². The molecule has 0 saturated heterocycles. The zero-order valence-electron chi connectivity index (χ0n) is 12.5. The molecule has 0 saturated carbocycles. The van der Waals surface area contributed by atoms with Gasteiger partial charge >= 0.3 is 0 Å². The van der Waals surface area contributed by atoms with Crippen LogP contribution in [0.25, 0.3) is 0 Å². The van der Waals surface area contributed by atoms with E-state index in [1.54, 1.807) is 12.1 Å². The molecule has 0 radical (unpaired) electrons. The summed E-state index contributed by atoms with van der Waals surface area (Å²) in [6.07, 6.45) is 0.657. The third-order valence-corrected chi connectivity index (χ3v) is 3.14. The second-order valence-corrected chi connectivity index (χ2v) is 4.99. The van der Waals surface area contributed by atoms with Gasteiger partial charge in [0.05, 0.1) is 19.3 Å². The van der Waals surface area contributed by atoms with Crippen molar-refractivity contribution >= 4 is 6.29 Å². The van der Waals surface area contributed by atoms with Crippen LogP contribution in [0.1, 0.15) is 34.0 Å². The molecule has 2 rings (SSSR count). The molecule has 0 fully saturated rings. The van der Waals surface area contributed by atoms with Gasteiger partial charge < -0.3 is 9.84 Å². The van der Waals surface area contributed by atoms with E-state index in [-0.39, 0.29) is 12.7 Å². The molecule has 0 amide bonds. The van der Waals surface area contributed by atoms with Crippen molar-refractivity contribution in [2.75, 3.05) is 6.61 Å². The Kier molecular flexibility index (Phi) is 5.91. The Bertz CT molecular complexity index is 661. The molecule has 1 atom stereocenters. The largest absolute Gasteiger partial charge is 0.394 e. The first-order valence-corrected chi connectivity index (χ1v) is 7.10. The minimum Gasteiger partial charge on any atom is -0.394 e. The lowest BCUT2D eigenvalue weighted by atomic mass is 10.1. The standard InChI is InChI=1S/C19H18O3/c1-15(12-20)22-14-19-10-6-17(7-11-19)3-2-16-4-8-18(13-21)9-5-16/h4-11,13,15,20H,12,14H2,1H3/t15-/m1/s1. The summed E-state index contributed by atoms with van der Waals surface area (Å²) in [6.45, 7) is 2.32. The van der Waals surface area contributed by atoms with E-state index in [2.05, 4.69) is 11.8 Å². The Hall–Kier alpha value is -2.41. The maximum absolute atomic E-state index is 10.6. The van der Waals surface area contributed by atoms with Gasteiger partial charge in [-0.3, -0.25) is 4.79 Å². The number of carbonyl (C=O) groups is 1. The molecule has 3 nitrogen and oxygen atoms in total. The van der Waals surface area contributed by atoms with Gasteiger partial charge in [-0.1, -0.05) is 36.1 Å². The highest BCUT2D eigenvalue weighted by molar-refractivity contribution is 5.74. The molecule has 0 aliphatic carbocycles. The smallest absolute Gasteiger partial charge is 0.150 e. The summed E-state index contributed by atoms with van der Waals surface area (Å²) < 4.78 is 5.45. The van der Waals surface area contributed by atoms with Crippen molar-refractivity contribution < 1.29 is 14.6 Å². The van der Waals surface area contributed by atoms with Crippen LogP contribution in [0.2, 0.25) is 0 Å². The van der Waals surface area contributed by atoms with Crippen LogP contribution in [-0.2, 0) is 11.3 Å². The Morgan fingerprint density at radius 1 is 1.05 bits per heavy atom. The number of rotatable bonds is 5. The zero-order valence-corrected chi connectivity index (χ0v) is 12.5. The van der Waals surface area contributed by atoms with Gasteiger partial charge in [-0.2, -0.15) is 0 Å². The number of ether oxygens (including phenoxy) is 1. The molecule has 0 bridgehead atoms. The van der Waals surface area contributed by atoms with Crippen molar-refractivity contribution in [2.45, 2.75) is 19.6 Å². The quantitative estimate of drug-likeness (QED) is 0.681. The number of carbonyl (C=O) groups excluding carboxylic acids is 1. The molecule has 0 heterocycles. The summed E-state index contributed by atoms with van der Waals surface area (Å²) >= 11 is 0. The van der Waals surface area contributed by atoms with Gasteiger partial charge in [-0.25, -0.2) is 0 Å². The average molecular weight is 294 g/mol. The minimum absolute atomic E-state index is 0.0203. The number of benzene rings is 2. The van der Waals surface area contributed by atoms with Crippen molar-refractivity contribution in [3.8, 4) is 11.8 Å². The molecule has 2 aromatic rings. The number of aldehydes is 1. The monoisotopic (exact) mass is 294 g/mol. The van der Waals surface area contributed by atoms with Crippen LogP contribution in [0.5, 0.6) is 0 Å². The first-order valence-electron chi connectivity index (χ1n) is 7.10. The molecule has 3 heteroatoms. The van der Waals surface area contributed by atoms with Crippen LogP contribution in [-0.4, -0.2) is 24.1 Å². The summed E-state index contributed by atoms with van der Waals surface area (Å²) in [5.74, 6) is 6.14. The van der Waals surface area contributed by atoms with Gasteiger partial charge in [-0.15, -0.1) is 0 Å². The van der Waals surface area contributed by atoms with Crippen LogP contribution in [0.15, 0.2) is 48.5 Å². The summed E-state index contributed by atoms with van der Waals surface area (Å²) in [5, 5.41) is 8.91. The van der Waals surface area contributed by atoms with Gasteiger partial charge in [-0.05, 0) is 36.8 Å². The average Bonchev–Trinajstić information content (AvgIpc) is 2.59. The van der Waals surface area contributed by atoms with Gasteiger partial charge in [0, 0.05) is 16.7 Å². The molecule has 112 valence electrons. The molecular weight excluding hydrogens is 276 g/mol. The van der Waals surface area contributed by atoms with E-state index in [0.717, 1.165) is 23.0 Å². The lowest BCUT2D eigenvalue weighted by molar-refractivity contribution is 0.0145. The Morgan fingerprint density at radius 3 is 2.09 bits per heavy atom. The zero-order chi connectivity index (χ0) is 15.8. The molecule has 0 aromatic heterocycles. The number of aliphatic hydroxyl groups is 1. The summed E-state index contributed by atoms with van der Waals surface area (Å²) in [5.41, 5.74) is 3.47. The van der Waals surface area contributed by atoms with Crippen molar-refractivity contribution in [3.05, 3.63) is 70.8 Å². The molecule has 1 N–H and O–H groups in total. The molecular formula is C19H18O3. The lowest BCUT2D eigenvalue weighted by Crippen LogP contribution is -2.12.